The van der Waals surface area contributed by atoms with E-state index in [4.69, 9.17) is 4.74 Å². The normalized spacial score (nSPS) is 12.3. The summed E-state index contributed by atoms with van der Waals surface area (Å²) in [6.07, 6.45) is 1.82. The first-order valence-electron chi connectivity index (χ1n) is 9.84. The molecule has 3 rings (SSSR count). The fourth-order valence-electron chi connectivity index (χ4n) is 3.27. The van der Waals surface area contributed by atoms with Crippen LogP contribution in [0.5, 0.6) is 5.75 Å². The Hall–Kier alpha value is -2.66. The van der Waals surface area contributed by atoms with E-state index in [9.17, 15) is 4.39 Å². The number of benzene rings is 2. The molecule has 2 aromatic carbocycles. The van der Waals surface area contributed by atoms with E-state index in [-0.39, 0.29) is 5.82 Å². The van der Waals surface area contributed by atoms with Gasteiger partial charge in [0.2, 0.25) is 0 Å². The molecule has 1 aromatic heterocycles. The van der Waals surface area contributed by atoms with E-state index in [1.807, 2.05) is 30.5 Å². The zero-order valence-corrected chi connectivity index (χ0v) is 16.8. The first-order chi connectivity index (χ1) is 13.6. The Kier molecular flexibility index (Phi) is 6.82. The van der Waals surface area contributed by atoms with Crippen LogP contribution in [-0.2, 0) is 6.61 Å². The topological polar surface area (TPSA) is 37.4 Å². The van der Waals surface area contributed by atoms with Crippen molar-refractivity contribution in [3.63, 3.8) is 0 Å². The molecule has 0 aliphatic rings. The summed E-state index contributed by atoms with van der Waals surface area (Å²) in [5.41, 5.74) is 2.89. The van der Waals surface area contributed by atoms with E-state index < -0.39 is 0 Å². The predicted octanol–water partition coefficient (Wildman–Crippen LogP) is 5.10. The van der Waals surface area contributed by atoms with E-state index in [2.05, 4.69) is 36.0 Å². The molecular weight excluding hydrogens is 353 g/mol. The van der Waals surface area contributed by atoms with Gasteiger partial charge in [-0.1, -0.05) is 26.0 Å². The molecular formula is C23H28FN3O. The molecule has 1 heterocycles. The van der Waals surface area contributed by atoms with E-state index >= 15 is 0 Å². The van der Waals surface area contributed by atoms with Crippen molar-refractivity contribution in [3.05, 3.63) is 66.1 Å². The van der Waals surface area contributed by atoms with Gasteiger partial charge in [-0.2, -0.15) is 0 Å². The second kappa shape index (κ2) is 9.51. The van der Waals surface area contributed by atoms with Gasteiger partial charge in [0.25, 0.3) is 0 Å². The van der Waals surface area contributed by atoms with Crippen molar-refractivity contribution in [2.24, 2.45) is 0 Å². The third-order valence-corrected chi connectivity index (χ3v) is 4.86. The largest absolute Gasteiger partial charge is 0.489 e. The third-order valence-electron chi connectivity index (χ3n) is 4.86. The van der Waals surface area contributed by atoms with Gasteiger partial charge in [0.1, 0.15) is 18.2 Å². The number of likely N-dealkylation sites (N-methyl/N-ethyl adjacent to an activating group) is 1. The molecule has 0 bridgehead atoms. The summed E-state index contributed by atoms with van der Waals surface area (Å²) in [6, 6.07) is 14.6. The minimum Gasteiger partial charge on any atom is -0.489 e. The van der Waals surface area contributed by atoms with Crippen LogP contribution >= 0.6 is 0 Å². The number of hydrogen-bond acceptors (Lipinski definition) is 4. The summed E-state index contributed by atoms with van der Waals surface area (Å²) in [5, 5.41) is 4.68. The minimum absolute atomic E-state index is 0.242. The van der Waals surface area contributed by atoms with Gasteiger partial charge in [0.05, 0.1) is 5.52 Å². The predicted molar refractivity (Wildman–Crippen MR) is 113 cm³/mol. The molecule has 28 heavy (non-hydrogen) atoms. The van der Waals surface area contributed by atoms with Crippen molar-refractivity contribution in [3.8, 4) is 5.75 Å². The molecule has 0 fully saturated rings. The average Bonchev–Trinajstić information content (AvgIpc) is 2.71. The molecule has 0 aliphatic carbocycles. The highest BCUT2D eigenvalue weighted by Gasteiger charge is 2.10. The molecule has 1 unspecified atom stereocenters. The molecule has 0 saturated carbocycles. The molecule has 0 saturated heterocycles. The summed E-state index contributed by atoms with van der Waals surface area (Å²) in [6.45, 7) is 10.1. The molecule has 0 aliphatic heterocycles. The number of ether oxygens (including phenoxy) is 1. The maximum Gasteiger partial charge on any atom is 0.123 e. The van der Waals surface area contributed by atoms with Crippen molar-refractivity contribution in [1.29, 1.82) is 0 Å². The standard InChI is InChI=1S/C23H28FN3O/c1-4-27(5-2)15-17(3)26-22-12-13-25-23-14-20(10-11-21(22)23)28-16-18-6-8-19(24)9-7-18/h6-14,17H,4-5,15-16H2,1-3H3,(H,25,26). The number of fused-ring (bicyclic) bond motifs is 1. The number of pyridine rings is 1. The summed E-state index contributed by atoms with van der Waals surface area (Å²) >= 11 is 0. The van der Waals surface area contributed by atoms with Gasteiger partial charge < -0.3 is 15.0 Å². The van der Waals surface area contributed by atoms with Gasteiger partial charge in [-0.05, 0) is 55.9 Å². The number of aromatic nitrogens is 1. The lowest BCUT2D eigenvalue weighted by Crippen LogP contribution is -2.34. The lowest BCUT2D eigenvalue weighted by atomic mass is 10.1. The molecule has 0 radical (unpaired) electrons. The van der Waals surface area contributed by atoms with Crippen LogP contribution in [0.3, 0.4) is 0 Å². The molecule has 3 aromatic rings. The summed E-state index contributed by atoms with van der Waals surface area (Å²) in [5.74, 6) is 0.506. The fourth-order valence-corrected chi connectivity index (χ4v) is 3.27. The van der Waals surface area contributed by atoms with Gasteiger partial charge in [-0.3, -0.25) is 4.98 Å². The van der Waals surface area contributed by atoms with Crippen LogP contribution in [0.25, 0.3) is 10.9 Å². The molecule has 5 heteroatoms. The Morgan fingerprint density at radius 3 is 2.54 bits per heavy atom. The van der Waals surface area contributed by atoms with Crippen LogP contribution < -0.4 is 10.1 Å². The number of halogens is 1. The Bertz CT molecular complexity index is 894. The fraction of sp³-hybridized carbons (Fsp3) is 0.348. The highest BCUT2D eigenvalue weighted by Crippen LogP contribution is 2.26. The highest BCUT2D eigenvalue weighted by molar-refractivity contribution is 5.91. The van der Waals surface area contributed by atoms with Crippen molar-refractivity contribution in [2.75, 3.05) is 25.0 Å². The second-order valence-electron chi connectivity index (χ2n) is 6.98. The first kappa shape index (κ1) is 20.1. The third kappa shape index (κ3) is 5.20. The minimum atomic E-state index is -0.242. The lowest BCUT2D eigenvalue weighted by molar-refractivity contribution is 0.295. The Morgan fingerprint density at radius 2 is 1.82 bits per heavy atom. The van der Waals surface area contributed by atoms with Crippen LogP contribution in [-0.4, -0.2) is 35.6 Å². The van der Waals surface area contributed by atoms with Crippen molar-refractivity contribution in [2.45, 2.75) is 33.4 Å². The molecule has 0 spiro atoms. The van der Waals surface area contributed by atoms with Gasteiger partial charge >= 0.3 is 0 Å². The zero-order chi connectivity index (χ0) is 19.9. The SMILES string of the molecule is CCN(CC)CC(C)Nc1ccnc2cc(OCc3ccc(F)cc3)ccc12. The monoisotopic (exact) mass is 381 g/mol. The second-order valence-corrected chi connectivity index (χ2v) is 6.98. The Labute approximate surface area is 166 Å². The number of hydrogen-bond donors (Lipinski definition) is 1. The van der Waals surface area contributed by atoms with Gasteiger partial charge in [0.15, 0.2) is 0 Å². The van der Waals surface area contributed by atoms with Gasteiger partial charge in [-0.15, -0.1) is 0 Å². The number of nitrogens with zero attached hydrogens (tertiary/aromatic N) is 2. The number of anilines is 1. The van der Waals surface area contributed by atoms with Crippen LogP contribution in [0.2, 0.25) is 0 Å². The van der Waals surface area contributed by atoms with Crippen molar-refractivity contribution in [1.82, 2.24) is 9.88 Å². The maximum atomic E-state index is 13.0. The summed E-state index contributed by atoms with van der Waals surface area (Å²) in [7, 11) is 0. The highest BCUT2D eigenvalue weighted by atomic mass is 19.1. The van der Waals surface area contributed by atoms with Crippen LogP contribution in [0.4, 0.5) is 10.1 Å². The van der Waals surface area contributed by atoms with Gasteiger partial charge in [-0.25, -0.2) is 4.39 Å². The summed E-state index contributed by atoms with van der Waals surface area (Å²) < 4.78 is 18.9. The Balaban J connectivity index is 1.70. The van der Waals surface area contributed by atoms with Crippen LogP contribution in [0.1, 0.15) is 26.3 Å². The number of nitrogens with one attached hydrogen (secondary N) is 1. The summed E-state index contributed by atoms with van der Waals surface area (Å²) in [4.78, 5) is 6.89. The quantitative estimate of drug-likeness (QED) is 0.560. The Morgan fingerprint density at radius 1 is 1.07 bits per heavy atom. The van der Waals surface area contributed by atoms with E-state index in [1.54, 1.807) is 12.1 Å². The molecule has 4 nitrogen and oxygen atoms in total. The van der Waals surface area contributed by atoms with Crippen LogP contribution in [0.15, 0.2) is 54.7 Å². The average molecular weight is 381 g/mol. The first-order valence-corrected chi connectivity index (χ1v) is 9.84. The zero-order valence-electron chi connectivity index (χ0n) is 16.8. The van der Waals surface area contributed by atoms with Gasteiger partial charge in [0, 0.05) is 35.9 Å². The molecule has 1 atom stereocenters. The molecule has 1 N–H and O–H groups in total. The number of rotatable bonds is 9. The maximum absolute atomic E-state index is 13.0. The lowest BCUT2D eigenvalue weighted by Gasteiger charge is -2.24. The molecule has 0 amide bonds. The van der Waals surface area contributed by atoms with E-state index in [0.717, 1.165) is 47.5 Å². The van der Waals surface area contributed by atoms with E-state index in [0.29, 0.717) is 12.6 Å². The van der Waals surface area contributed by atoms with E-state index in [1.165, 1.54) is 12.1 Å². The van der Waals surface area contributed by atoms with Crippen molar-refractivity contribution < 1.29 is 9.13 Å². The van der Waals surface area contributed by atoms with Crippen LogP contribution in [0, 0.1) is 5.82 Å². The van der Waals surface area contributed by atoms with Crippen molar-refractivity contribution >= 4 is 16.6 Å². The molecule has 148 valence electrons. The smallest absolute Gasteiger partial charge is 0.123 e.